The molecule has 1 aromatic rings. The van der Waals surface area contributed by atoms with E-state index in [0.717, 1.165) is 32.4 Å². The molecule has 0 unspecified atom stereocenters. The van der Waals surface area contributed by atoms with E-state index in [1.807, 2.05) is 24.3 Å². The van der Waals surface area contributed by atoms with Crippen LogP contribution in [-0.2, 0) is 4.79 Å². The molecule has 1 aromatic carbocycles. The highest BCUT2D eigenvalue weighted by atomic mass is 16.5. The van der Waals surface area contributed by atoms with Crippen LogP contribution in [0.4, 0.5) is 0 Å². The van der Waals surface area contributed by atoms with Crippen molar-refractivity contribution in [3.63, 3.8) is 0 Å². The van der Waals surface area contributed by atoms with Crippen LogP contribution in [0, 0.1) is 17.8 Å². The van der Waals surface area contributed by atoms with Gasteiger partial charge in [-0.1, -0.05) is 25.0 Å². The molecule has 2 saturated carbocycles. The summed E-state index contributed by atoms with van der Waals surface area (Å²) in [6, 6.07) is 7.56. The predicted molar refractivity (Wildman–Crippen MR) is 98.2 cm³/mol. The van der Waals surface area contributed by atoms with Crippen molar-refractivity contribution in [3.05, 3.63) is 24.3 Å². The monoisotopic (exact) mass is 359 g/mol. The number of para-hydroxylation sites is 2. The summed E-state index contributed by atoms with van der Waals surface area (Å²) in [5.41, 5.74) is 0. The maximum absolute atomic E-state index is 12.7. The summed E-state index contributed by atoms with van der Waals surface area (Å²) in [5, 5.41) is 10.6. The van der Waals surface area contributed by atoms with Crippen LogP contribution in [0.25, 0.3) is 0 Å². The van der Waals surface area contributed by atoms with Crippen molar-refractivity contribution in [1.82, 2.24) is 4.90 Å². The van der Waals surface area contributed by atoms with Crippen molar-refractivity contribution in [2.24, 2.45) is 17.8 Å². The third-order valence-corrected chi connectivity index (χ3v) is 6.45. The first-order chi connectivity index (χ1) is 12.7. The summed E-state index contributed by atoms with van der Waals surface area (Å²) >= 11 is 0. The summed E-state index contributed by atoms with van der Waals surface area (Å²) < 4.78 is 11.5. The Morgan fingerprint density at radius 2 is 1.73 bits per heavy atom. The first kappa shape index (κ1) is 17.7. The number of methoxy groups -OCH3 is 1. The molecule has 1 N–H and O–H groups in total. The summed E-state index contributed by atoms with van der Waals surface area (Å²) in [6.07, 6.45) is 5.23. The van der Waals surface area contributed by atoms with Crippen molar-refractivity contribution >= 4 is 5.91 Å². The van der Waals surface area contributed by atoms with Gasteiger partial charge in [-0.05, 0) is 49.7 Å². The Hall–Kier alpha value is -1.75. The average Bonchev–Trinajstić information content (AvgIpc) is 3.31. The molecule has 4 atom stereocenters. The van der Waals surface area contributed by atoms with E-state index < -0.39 is 6.10 Å². The molecular weight excluding hydrogens is 330 g/mol. The quantitative estimate of drug-likeness (QED) is 0.898. The highest BCUT2D eigenvalue weighted by molar-refractivity contribution is 5.79. The first-order valence-corrected chi connectivity index (χ1v) is 9.92. The predicted octanol–water partition coefficient (Wildman–Crippen LogP) is 2.86. The number of nitrogens with zero attached hydrogens (tertiary/aromatic N) is 1. The Balaban J connectivity index is 1.40. The van der Waals surface area contributed by atoms with Crippen molar-refractivity contribution in [2.45, 2.75) is 50.7 Å². The number of aliphatic hydroxyl groups excluding tert-OH is 1. The smallest absolute Gasteiger partial charge is 0.225 e. The summed E-state index contributed by atoms with van der Waals surface area (Å²) in [4.78, 5) is 14.8. The lowest BCUT2D eigenvalue weighted by molar-refractivity contribution is -0.134. The van der Waals surface area contributed by atoms with Crippen LogP contribution < -0.4 is 9.47 Å². The van der Waals surface area contributed by atoms with Crippen molar-refractivity contribution in [1.29, 1.82) is 0 Å². The molecule has 0 aromatic heterocycles. The van der Waals surface area contributed by atoms with Gasteiger partial charge >= 0.3 is 0 Å². The maximum Gasteiger partial charge on any atom is 0.225 e. The van der Waals surface area contributed by atoms with E-state index in [1.54, 1.807) is 7.11 Å². The fourth-order valence-corrected chi connectivity index (χ4v) is 5.01. The van der Waals surface area contributed by atoms with Gasteiger partial charge in [0.15, 0.2) is 11.5 Å². The first-order valence-electron chi connectivity index (χ1n) is 9.92. The lowest BCUT2D eigenvalue weighted by Crippen LogP contribution is -2.42. The fraction of sp³-hybridized carbons (Fsp3) is 0.667. The Morgan fingerprint density at radius 3 is 2.42 bits per heavy atom. The molecule has 142 valence electrons. The Kier molecular flexibility index (Phi) is 5.07. The molecule has 1 aliphatic heterocycles. The number of amides is 1. The number of fused-ring (bicyclic) bond motifs is 1. The van der Waals surface area contributed by atoms with Crippen LogP contribution in [0.15, 0.2) is 24.3 Å². The van der Waals surface area contributed by atoms with Crippen LogP contribution >= 0.6 is 0 Å². The van der Waals surface area contributed by atoms with Gasteiger partial charge in [0, 0.05) is 19.0 Å². The van der Waals surface area contributed by atoms with Crippen molar-refractivity contribution < 1.29 is 19.4 Å². The third-order valence-electron chi connectivity index (χ3n) is 6.45. The molecule has 5 heteroatoms. The molecular formula is C21H29NO4. The van der Waals surface area contributed by atoms with Gasteiger partial charge in [0.2, 0.25) is 5.91 Å². The standard InChI is InChI=1S/C21H29NO4/c1-25-18-8-4-5-9-19(18)26-20-11-16-13-22(12-15(16)10-17(20)23)21(24)14-6-2-3-7-14/h4-5,8-9,14-17,20,23H,2-3,6-7,10-13H2,1H3/t15-,16+,17+,20+/m0/s1. The molecule has 3 fully saturated rings. The highest BCUT2D eigenvalue weighted by Gasteiger charge is 2.45. The molecule has 0 radical (unpaired) electrons. The van der Waals surface area contributed by atoms with E-state index >= 15 is 0 Å². The Bertz CT molecular complexity index is 643. The minimum absolute atomic E-state index is 0.237. The van der Waals surface area contributed by atoms with E-state index in [-0.39, 0.29) is 12.0 Å². The van der Waals surface area contributed by atoms with Crippen molar-refractivity contribution in [2.75, 3.05) is 20.2 Å². The van der Waals surface area contributed by atoms with Gasteiger partial charge in [0.1, 0.15) is 6.10 Å². The van der Waals surface area contributed by atoms with Crippen molar-refractivity contribution in [3.8, 4) is 11.5 Å². The summed E-state index contributed by atoms with van der Waals surface area (Å²) in [5.74, 6) is 2.76. The van der Waals surface area contributed by atoms with Gasteiger partial charge in [0.05, 0.1) is 13.2 Å². The minimum atomic E-state index is -0.498. The number of hydrogen-bond donors (Lipinski definition) is 1. The SMILES string of the molecule is COc1ccccc1O[C@@H]1C[C@@H]2CN(C(=O)C3CCCC3)C[C@@H]2C[C@H]1O. The van der Waals surface area contributed by atoms with E-state index in [0.29, 0.717) is 35.7 Å². The number of benzene rings is 1. The molecule has 0 bridgehead atoms. The number of hydrogen-bond acceptors (Lipinski definition) is 4. The van der Waals surface area contributed by atoms with E-state index in [2.05, 4.69) is 4.90 Å². The second-order valence-corrected chi connectivity index (χ2v) is 8.09. The molecule has 26 heavy (non-hydrogen) atoms. The normalized spacial score (nSPS) is 31.7. The molecule has 3 aliphatic rings. The van der Waals surface area contributed by atoms with E-state index in [1.165, 1.54) is 12.8 Å². The Morgan fingerprint density at radius 1 is 1.08 bits per heavy atom. The van der Waals surface area contributed by atoms with Crippen LogP contribution in [0.2, 0.25) is 0 Å². The number of carbonyl (C=O) groups excluding carboxylic acids is 1. The lowest BCUT2D eigenvalue weighted by Gasteiger charge is -2.35. The zero-order valence-electron chi connectivity index (χ0n) is 15.5. The van der Waals surface area contributed by atoms with Crippen LogP contribution in [-0.4, -0.2) is 48.3 Å². The van der Waals surface area contributed by atoms with Gasteiger partial charge in [-0.2, -0.15) is 0 Å². The molecule has 4 rings (SSSR count). The molecule has 1 amide bonds. The molecule has 2 aliphatic carbocycles. The summed E-state index contributed by atoms with van der Waals surface area (Å²) in [7, 11) is 1.62. The van der Waals surface area contributed by atoms with Crippen LogP contribution in [0.1, 0.15) is 38.5 Å². The number of likely N-dealkylation sites (tertiary alicyclic amines) is 1. The zero-order valence-corrected chi connectivity index (χ0v) is 15.5. The number of aliphatic hydroxyl groups is 1. The summed E-state index contributed by atoms with van der Waals surface area (Å²) in [6.45, 7) is 1.62. The number of ether oxygens (including phenoxy) is 2. The second-order valence-electron chi connectivity index (χ2n) is 8.09. The number of rotatable bonds is 4. The van der Waals surface area contributed by atoms with Gasteiger partial charge in [-0.25, -0.2) is 0 Å². The third kappa shape index (κ3) is 3.41. The van der Waals surface area contributed by atoms with Crippen LogP contribution in [0.5, 0.6) is 11.5 Å². The number of carbonyl (C=O) groups is 1. The molecule has 1 heterocycles. The van der Waals surface area contributed by atoms with Gasteiger partial charge in [-0.3, -0.25) is 4.79 Å². The largest absolute Gasteiger partial charge is 0.493 e. The molecule has 1 saturated heterocycles. The van der Waals surface area contributed by atoms with Crippen LogP contribution in [0.3, 0.4) is 0 Å². The topological polar surface area (TPSA) is 59.0 Å². The highest BCUT2D eigenvalue weighted by Crippen LogP contribution is 2.40. The molecule has 0 spiro atoms. The van der Waals surface area contributed by atoms with Gasteiger partial charge in [0.25, 0.3) is 0 Å². The van der Waals surface area contributed by atoms with Gasteiger partial charge in [-0.15, -0.1) is 0 Å². The molecule has 5 nitrogen and oxygen atoms in total. The zero-order chi connectivity index (χ0) is 18.1. The van der Waals surface area contributed by atoms with E-state index in [9.17, 15) is 9.90 Å². The lowest BCUT2D eigenvalue weighted by atomic mass is 9.78. The Labute approximate surface area is 155 Å². The van der Waals surface area contributed by atoms with Gasteiger partial charge < -0.3 is 19.5 Å². The average molecular weight is 359 g/mol. The fourth-order valence-electron chi connectivity index (χ4n) is 5.01. The second kappa shape index (κ2) is 7.47. The van der Waals surface area contributed by atoms with E-state index in [4.69, 9.17) is 9.47 Å². The minimum Gasteiger partial charge on any atom is -0.493 e. The maximum atomic E-state index is 12.7.